The summed E-state index contributed by atoms with van der Waals surface area (Å²) in [6.45, 7) is 0.474. The van der Waals surface area contributed by atoms with Crippen LogP contribution in [0.5, 0.6) is 0 Å². The van der Waals surface area contributed by atoms with Gasteiger partial charge in [0.15, 0.2) is 0 Å². The van der Waals surface area contributed by atoms with E-state index in [9.17, 15) is 19.7 Å². The van der Waals surface area contributed by atoms with Gasteiger partial charge < -0.3 is 10.2 Å². The molecule has 156 valence electrons. The minimum Gasteiger partial charge on any atom is -0.337 e. The van der Waals surface area contributed by atoms with Crippen molar-refractivity contribution in [2.75, 3.05) is 12.4 Å². The van der Waals surface area contributed by atoms with E-state index in [0.717, 1.165) is 5.56 Å². The Morgan fingerprint density at radius 2 is 1.74 bits per heavy atom. The average molecular weight is 415 g/mol. The molecule has 1 N–H and O–H groups in total. The first-order valence-electron chi connectivity index (χ1n) is 9.55. The second kappa shape index (κ2) is 9.98. The van der Waals surface area contributed by atoms with Gasteiger partial charge in [0.2, 0.25) is 5.91 Å². The summed E-state index contributed by atoms with van der Waals surface area (Å²) in [5, 5.41) is 13.5. The van der Waals surface area contributed by atoms with E-state index in [1.807, 2.05) is 30.3 Å². The van der Waals surface area contributed by atoms with Gasteiger partial charge >= 0.3 is 0 Å². The van der Waals surface area contributed by atoms with Gasteiger partial charge in [-0.2, -0.15) is 0 Å². The van der Waals surface area contributed by atoms with E-state index in [4.69, 9.17) is 0 Å². The predicted molar refractivity (Wildman–Crippen MR) is 119 cm³/mol. The van der Waals surface area contributed by atoms with Crippen molar-refractivity contribution in [2.24, 2.45) is 0 Å². The third-order valence-corrected chi connectivity index (χ3v) is 4.49. The van der Waals surface area contributed by atoms with E-state index in [1.54, 1.807) is 48.3 Å². The van der Waals surface area contributed by atoms with Crippen LogP contribution in [0.25, 0.3) is 6.08 Å². The molecule has 7 nitrogen and oxygen atoms in total. The summed E-state index contributed by atoms with van der Waals surface area (Å²) >= 11 is 0. The maximum absolute atomic E-state index is 12.7. The Morgan fingerprint density at radius 3 is 2.48 bits per heavy atom. The zero-order valence-corrected chi connectivity index (χ0v) is 16.9. The molecule has 0 aliphatic heterocycles. The summed E-state index contributed by atoms with van der Waals surface area (Å²) < 4.78 is 0. The molecule has 3 aromatic rings. The number of nitro groups is 1. The minimum atomic E-state index is -0.491. The van der Waals surface area contributed by atoms with E-state index >= 15 is 0 Å². The van der Waals surface area contributed by atoms with Gasteiger partial charge in [0.05, 0.1) is 4.92 Å². The molecule has 0 unspecified atom stereocenters. The quantitative estimate of drug-likeness (QED) is 0.349. The van der Waals surface area contributed by atoms with Gasteiger partial charge in [0, 0.05) is 43.1 Å². The summed E-state index contributed by atoms with van der Waals surface area (Å²) in [4.78, 5) is 36.9. The number of amides is 2. The average Bonchev–Trinajstić information content (AvgIpc) is 2.78. The van der Waals surface area contributed by atoms with Crippen molar-refractivity contribution in [3.63, 3.8) is 0 Å². The highest BCUT2D eigenvalue weighted by Crippen LogP contribution is 2.16. The Morgan fingerprint density at radius 1 is 1.00 bits per heavy atom. The monoisotopic (exact) mass is 415 g/mol. The molecule has 0 heterocycles. The normalized spacial score (nSPS) is 10.6. The van der Waals surface area contributed by atoms with E-state index < -0.39 is 10.8 Å². The topological polar surface area (TPSA) is 92.6 Å². The van der Waals surface area contributed by atoms with Crippen LogP contribution in [0.15, 0.2) is 84.9 Å². The SMILES string of the molecule is CN(Cc1ccccc1)C(=O)c1cccc(NC(=O)/C=C/c2cccc([N+](=O)[O-])c2)c1. The van der Waals surface area contributed by atoms with Crippen LogP contribution >= 0.6 is 0 Å². The Bertz CT molecular complexity index is 1130. The number of nitrogens with one attached hydrogen (secondary N) is 1. The molecule has 7 heteroatoms. The summed E-state index contributed by atoms with van der Waals surface area (Å²) in [5.41, 5.74) is 2.45. The zero-order chi connectivity index (χ0) is 22.2. The van der Waals surface area contributed by atoms with Crippen LogP contribution < -0.4 is 5.32 Å². The second-order valence-electron chi connectivity index (χ2n) is 6.90. The number of non-ortho nitro benzene ring substituents is 1. The summed E-state index contributed by atoms with van der Waals surface area (Å²) in [5.74, 6) is -0.569. The van der Waals surface area contributed by atoms with Crippen molar-refractivity contribution in [1.82, 2.24) is 4.90 Å². The van der Waals surface area contributed by atoms with Crippen LogP contribution in [-0.2, 0) is 11.3 Å². The first-order valence-corrected chi connectivity index (χ1v) is 9.55. The van der Waals surface area contributed by atoms with Crippen LogP contribution in [0.2, 0.25) is 0 Å². The third-order valence-electron chi connectivity index (χ3n) is 4.49. The summed E-state index contributed by atoms with van der Waals surface area (Å²) in [6.07, 6.45) is 2.78. The molecule has 31 heavy (non-hydrogen) atoms. The Hall–Kier alpha value is -4.26. The predicted octanol–water partition coefficient (Wildman–Crippen LogP) is 4.52. The zero-order valence-electron chi connectivity index (χ0n) is 16.9. The van der Waals surface area contributed by atoms with Crippen molar-refractivity contribution in [3.05, 3.63) is 112 Å². The largest absolute Gasteiger partial charge is 0.337 e. The molecule has 0 saturated carbocycles. The van der Waals surface area contributed by atoms with E-state index in [2.05, 4.69) is 5.32 Å². The van der Waals surface area contributed by atoms with E-state index in [1.165, 1.54) is 24.3 Å². The highest BCUT2D eigenvalue weighted by molar-refractivity contribution is 6.03. The number of hydrogen-bond donors (Lipinski definition) is 1. The summed E-state index contributed by atoms with van der Waals surface area (Å²) in [7, 11) is 1.72. The first kappa shape index (κ1) is 21.4. The molecule has 0 aliphatic rings. The highest BCUT2D eigenvalue weighted by Gasteiger charge is 2.13. The second-order valence-corrected chi connectivity index (χ2v) is 6.90. The minimum absolute atomic E-state index is 0.0478. The van der Waals surface area contributed by atoms with Gasteiger partial charge in [0.25, 0.3) is 11.6 Å². The lowest BCUT2D eigenvalue weighted by Crippen LogP contribution is -2.26. The highest BCUT2D eigenvalue weighted by atomic mass is 16.6. The van der Waals surface area contributed by atoms with Gasteiger partial charge in [-0.05, 0) is 35.4 Å². The number of anilines is 1. The van der Waals surface area contributed by atoms with Crippen molar-refractivity contribution < 1.29 is 14.5 Å². The number of hydrogen-bond acceptors (Lipinski definition) is 4. The molecule has 0 radical (unpaired) electrons. The molecular weight excluding hydrogens is 394 g/mol. The number of carbonyl (C=O) groups excluding carboxylic acids is 2. The lowest BCUT2D eigenvalue weighted by Gasteiger charge is -2.17. The third kappa shape index (κ3) is 6.11. The van der Waals surface area contributed by atoms with Crippen molar-refractivity contribution in [3.8, 4) is 0 Å². The number of benzene rings is 3. The lowest BCUT2D eigenvalue weighted by molar-refractivity contribution is -0.384. The van der Waals surface area contributed by atoms with Crippen LogP contribution in [0.1, 0.15) is 21.5 Å². The molecule has 3 aromatic carbocycles. The first-order chi connectivity index (χ1) is 14.9. The van der Waals surface area contributed by atoms with Crippen molar-refractivity contribution in [2.45, 2.75) is 6.54 Å². The van der Waals surface area contributed by atoms with Crippen molar-refractivity contribution in [1.29, 1.82) is 0 Å². The molecular formula is C24H21N3O4. The number of rotatable bonds is 7. The molecule has 0 saturated heterocycles. The van der Waals surface area contributed by atoms with E-state index in [-0.39, 0.29) is 11.6 Å². The maximum Gasteiger partial charge on any atom is 0.270 e. The smallest absolute Gasteiger partial charge is 0.270 e. The molecule has 0 atom stereocenters. The van der Waals surface area contributed by atoms with Gasteiger partial charge in [-0.15, -0.1) is 0 Å². The molecule has 0 bridgehead atoms. The number of nitro benzene ring substituents is 1. The molecule has 0 aliphatic carbocycles. The number of carbonyl (C=O) groups is 2. The molecule has 0 fully saturated rings. The van der Waals surface area contributed by atoms with Crippen LogP contribution in [-0.4, -0.2) is 28.7 Å². The Kier molecular flexibility index (Phi) is 6.90. The summed E-state index contributed by atoms with van der Waals surface area (Å²) in [6, 6.07) is 22.3. The van der Waals surface area contributed by atoms with Gasteiger partial charge in [-0.3, -0.25) is 19.7 Å². The fraction of sp³-hybridized carbons (Fsp3) is 0.0833. The fourth-order valence-corrected chi connectivity index (χ4v) is 2.98. The standard InChI is InChI=1S/C24H21N3O4/c1-26(17-19-7-3-2-4-8-19)24(29)20-10-6-11-21(16-20)25-23(28)14-13-18-9-5-12-22(15-18)27(30)31/h2-16H,17H2,1H3,(H,25,28)/b14-13+. The Labute approximate surface area is 179 Å². The van der Waals surface area contributed by atoms with Gasteiger partial charge in [-0.25, -0.2) is 0 Å². The molecule has 2 amide bonds. The van der Waals surface area contributed by atoms with Gasteiger partial charge in [-0.1, -0.05) is 48.5 Å². The van der Waals surface area contributed by atoms with Crippen LogP contribution in [0.4, 0.5) is 11.4 Å². The van der Waals surface area contributed by atoms with Crippen LogP contribution in [0, 0.1) is 10.1 Å². The Balaban J connectivity index is 1.64. The molecule has 0 aromatic heterocycles. The molecule has 3 rings (SSSR count). The maximum atomic E-state index is 12.7. The van der Waals surface area contributed by atoms with Crippen LogP contribution in [0.3, 0.4) is 0 Å². The van der Waals surface area contributed by atoms with E-state index in [0.29, 0.717) is 23.4 Å². The fourth-order valence-electron chi connectivity index (χ4n) is 2.98. The van der Waals surface area contributed by atoms with Crippen molar-refractivity contribution >= 4 is 29.3 Å². The molecule has 0 spiro atoms. The van der Waals surface area contributed by atoms with Gasteiger partial charge in [0.1, 0.15) is 0 Å². The number of nitrogens with zero attached hydrogens (tertiary/aromatic N) is 2. The lowest BCUT2D eigenvalue weighted by atomic mass is 10.1.